The van der Waals surface area contributed by atoms with Crippen molar-refractivity contribution in [3.8, 4) is 0 Å². The van der Waals surface area contributed by atoms with Crippen LogP contribution in [-0.4, -0.2) is 53.2 Å². The molecule has 0 aromatic heterocycles. The fourth-order valence-electron chi connectivity index (χ4n) is 0. The number of rotatable bonds is 0. The molecule has 0 aliphatic heterocycles. The second-order valence-corrected chi connectivity index (χ2v) is 1.56. The Morgan fingerprint density at radius 2 is 1.80 bits per heavy atom. The Labute approximate surface area is 82.2 Å². The fraction of sp³-hybridized carbons (Fsp3) is 0. The minimum atomic E-state index is 0. The summed E-state index contributed by atoms with van der Waals surface area (Å²) >= 11 is 7.65. The molecule has 28 valence electrons. The van der Waals surface area contributed by atoms with Crippen molar-refractivity contribution in [3.63, 3.8) is 0 Å². The van der Waals surface area contributed by atoms with Crippen LogP contribution < -0.4 is 5.73 Å². The van der Waals surface area contributed by atoms with Crippen LogP contribution >= 0.6 is 24.8 Å². The van der Waals surface area contributed by atoms with E-state index < -0.39 is 0 Å². The van der Waals surface area contributed by atoms with Crippen molar-refractivity contribution in [2.24, 2.45) is 5.73 Å². The first-order valence-electron chi connectivity index (χ1n) is 0.716. The van der Waals surface area contributed by atoms with Gasteiger partial charge in [0.2, 0.25) is 0 Å². The van der Waals surface area contributed by atoms with Gasteiger partial charge in [0.05, 0.1) is 0 Å². The molecular formula is CH5BaNS2. The summed E-state index contributed by atoms with van der Waals surface area (Å²) in [6.45, 7) is 0. The van der Waals surface area contributed by atoms with Crippen molar-refractivity contribution >= 4 is 78.0 Å². The Morgan fingerprint density at radius 1 is 1.80 bits per heavy atom. The van der Waals surface area contributed by atoms with Gasteiger partial charge in [-0.3, -0.25) is 0 Å². The van der Waals surface area contributed by atoms with Gasteiger partial charge in [0.25, 0.3) is 0 Å². The van der Waals surface area contributed by atoms with Crippen molar-refractivity contribution in [1.82, 2.24) is 0 Å². The van der Waals surface area contributed by atoms with Gasteiger partial charge >= 0.3 is 48.9 Å². The second-order valence-electron chi connectivity index (χ2n) is 0.338. The molecule has 0 heterocycles. The first-order valence-corrected chi connectivity index (χ1v) is 1.57. The van der Waals surface area contributed by atoms with Gasteiger partial charge in [-0.15, -0.1) is 12.6 Å². The standard InChI is InChI=1S/CH3NS2.Ba.2H/c2-1(3)4;;;/h(H3,2,3,4);;;. The van der Waals surface area contributed by atoms with Gasteiger partial charge in [-0.1, -0.05) is 12.2 Å². The molecule has 0 unspecified atom stereocenters. The predicted molar refractivity (Wildman–Crippen MR) is 34.3 cm³/mol. The summed E-state index contributed by atoms with van der Waals surface area (Å²) < 4.78 is 0.194. The van der Waals surface area contributed by atoms with E-state index in [1.54, 1.807) is 0 Å². The third kappa shape index (κ3) is 25.7. The van der Waals surface area contributed by atoms with E-state index in [1.165, 1.54) is 0 Å². The molecule has 4 heteroatoms. The normalized spacial score (nSPS) is 5.00. The van der Waals surface area contributed by atoms with Gasteiger partial charge in [-0.2, -0.15) is 0 Å². The van der Waals surface area contributed by atoms with Gasteiger partial charge in [-0.25, -0.2) is 0 Å². The monoisotopic (exact) mass is 233 g/mol. The maximum atomic E-state index is 4.71. The molecular weight excluding hydrogens is 227 g/mol. The van der Waals surface area contributed by atoms with Crippen LogP contribution in [0.2, 0.25) is 0 Å². The Bertz CT molecular complexity index is 32.6. The van der Waals surface area contributed by atoms with Gasteiger partial charge in [0.1, 0.15) is 4.32 Å². The van der Waals surface area contributed by atoms with Crippen LogP contribution in [-0.2, 0) is 0 Å². The third-order valence-electron chi connectivity index (χ3n) is 0. The van der Waals surface area contributed by atoms with Crippen LogP contribution in [0.5, 0.6) is 0 Å². The van der Waals surface area contributed by atoms with Gasteiger partial charge in [-0.05, 0) is 0 Å². The molecule has 0 bridgehead atoms. The maximum absolute atomic E-state index is 4.71. The van der Waals surface area contributed by atoms with Crippen molar-refractivity contribution in [2.75, 3.05) is 0 Å². The Morgan fingerprint density at radius 3 is 1.80 bits per heavy atom. The molecule has 2 N–H and O–H groups in total. The summed E-state index contributed by atoms with van der Waals surface area (Å²) in [4.78, 5) is 0. The Balaban J connectivity index is 0. The molecule has 0 spiro atoms. The van der Waals surface area contributed by atoms with E-state index in [2.05, 4.69) is 24.8 Å². The molecule has 0 aliphatic rings. The quantitative estimate of drug-likeness (QED) is 0.326. The van der Waals surface area contributed by atoms with Crippen LogP contribution in [0.15, 0.2) is 0 Å². The van der Waals surface area contributed by atoms with Crippen molar-refractivity contribution in [3.05, 3.63) is 0 Å². The molecule has 0 aliphatic carbocycles. The summed E-state index contributed by atoms with van der Waals surface area (Å²) in [7, 11) is 0. The summed E-state index contributed by atoms with van der Waals surface area (Å²) in [5.41, 5.74) is 4.71. The van der Waals surface area contributed by atoms with E-state index in [0.29, 0.717) is 0 Å². The second kappa shape index (κ2) is 5.81. The van der Waals surface area contributed by atoms with E-state index in [1.807, 2.05) is 0 Å². The molecule has 0 fully saturated rings. The van der Waals surface area contributed by atoms with Crippen LogP contribution in [0, 0.1) is 0 Å². The average Bonchev–Trinajstić information content (AvgIpc) is 0.811. The fourth-order valence-corrected chi connectivity index (χ4v) is 0. The number of hydrogen-bond donors (Lipinski definition) is 2. The van der Waals surface area contributed by atoms with Crippen molar-refractivity contribution < 1.29 is 0 Å². The summed E-state index contributed by atoms with van der Waals surface area (Å²) in [5, 5.41) is 0. The topological polar surface area (TPSA) is 26.0 Å². The van der Waals surface area contributed by atoms with E-state index in [4.69, 9.17) is 5.73 Å². The van der Waals surface area contributed by atoms with Crippen LogP contribution in [0.3, 0.4) is 0 Å². The van der Waals surface area contributed by atoms with Crippen molar-refractivity contribution in [2.45, 2.75) is 0 Å². The summed E-state index contributed by atoms with van der Waals surface area (Å²) in [6, 6.07) is 0. The zero-order valence-electron chi connectivity index (χ0n) is 1.93. The molecule has 0 saturated heterocycles. The Kier molecular flexibility index (Phi) is 11.5. The van der Waals surface area contributed by atoms with Gasteiger partial charge in [0.15, 0.2) is 0 Å². The predicted octanol–water partition coefficient (Wildman–Crippen LogP) is -0.756. The molecule has 0 saturated carbocycles. The Hall–Kier alpha value is 1.81. The average molecular weight is 233 g/mol. The zero-order chi connectivity index (χ0) is 3.58. The minimum absolute atomic E-state index is 0. The van der Waals surface area contributed by atoms with E-state index in [0.717, 1.165) is 0 Å². The van der Waals surface area contributed by atoms with E-state index >= 15 is 0 Å². The summed E-state index contributed by atoms with van der Waals surface area (Å²) in [5.74, 6) is 0. The SMILES string of the molecule is NC(=S)S.[BaH2]. The molecule has 0 aromatic carbocycles. The summed E-state index contributed by atoms with van der Waals surface area (Å²) in [6.07, 6.45) is 0. The zero-order valence-corrected chi connectivity index (χ0v) is 3.64. The number of nitrogens with two attached hydrogens (primary N) is 1. The van der Waals surface area contributed by atoms with E-state index in [9.17, 15) is 0 Å². The molecule has 0 radical (unpaired) electrons. The first-order chi connectivity index (χ1) is 1.73. The van der Waals surface area contributed by atoms with Gasteiger partial charge < -0.3 is 5.73 Å². The number of thiocarbonyl (C=S) groups is 1. The number of hydrogen-bond acceptors (Lipinski definition) is 1. The molecule has 0 rings (SSSR count). The molecule has 0 amide bonds. The number of thiol groups is 1. The molecule has 0 atom stereocenters. The van der Waals surface area contributed by atoms with E-state index in [-0.39, 0.29) is 53.2 Å². The first kappa shape index (κ1) is 9.94. The molecule has 0 aromatic rings. The van der Waals surface area contributed by atoms with Crippen LogP contribution in [0.1, 0.15) is 0 Å². The molecule has 1 nitrogen and oxygen atoms in total. The van der Waals surface area contributed by atoms with Crippen molar-refractivity contribution in [1.29, 1.82) is 0 Å². The van der Waals surface area contributed by atoms with Crippen LogP contribution in [0.4, 0.5) is 0 Å². The van der Waals surface area contributed by atoms with Crippen LogP contribution in [0.25, 0.3) is 0 Å². The third-order valence-corrected chi connectivity index (χ3v) is 0. The van der Waals surface area contributed by atoms with Gasteiger partial charge in [0, 0.05) is 0 Å². The molecule has 5 heavy (non-hydrogen) atoms.